The van der Waals surface area contributed by atoms with E-state index in [-0.39, 0.29) is 6.04 Å². The second kappa shape index (κ2) is 7.11. The van der Waals surface area contributed by atoms with Gasteiger partial charge < -0.3 is 10.2 Å². The first kappa shape index (κ1) is 17.1. The molecule has 2 aliphatic heterocycles. The fourth-order valence-corrected chi connectivity index (χ4v) is 4.71. The standard InChI is InChI=1S/C22H27ClN2/c1-15-3-5-16(6-4-15)22(17-7-9-18(23)10-8-17)24-19-13-20-11-12-21(14-19)25(20)2/h3-10,19-22,24H,11-14H2,1-2H3. The van der Waals surface area contributed by atoms with Crippen molar-refractivity contribution in [3.63, 3.8) is 0 Å². The van der Waals surface area contributed by atoms with Crippen LogP contribution in [0.2, 0.25) is 5.02 Å². The maximum atomic E-state index is 6.11. The van der Waals surface area contributed by atoms with E-state index in [2.05, 4.69) is 60.6 Å². The number of fused-ring (bicyclic) bond motifs is 2. The van der Waals surface area contributed by atoms with Crippen LogP contribution in [0.15, 0.2) is 48.5 Å². The molecule has 3 unspecified atom stereocenters. The lowest BCUT2D eigenvalue weighted by Crippen LogP contribution is -2.48. The summed E-state index contributed by atoms with van der Waals surface area (Å²) in [4.78, 5) is 2.60. The molecule has 132 valence electrons. The smallest absolute Gasteiger partial charge is 0.0578 e. The van der Waals surface area contributed by atoms with Gasteiger partial charge in [-0.2, -0.15) is 0 Å². The minimum atomic E-state index is 0.227. The molecular formula is C22H27ClN2. The predicted octanol–water partition coefficient (Wildman–Crippen LogP) is 4.95. The van der Waals surface area contributed by atoms with E-state index in [9.17, 15) is 0 Å². The molecule has 0 radical (unpaired) electrons. The summed E-state index contributed by atoms with van der Waals surface area (Å²) in [6, 6.07) is 19.5. The van der Waals surface area contributed by atoms with Gasteiger partial charge in [0.2, 0.25) is 0 Å². The SMILES string of the molecule is Cc1ccc(C(NC2CC3CCC(C2)N3C)c2ccc(Cl)cc2)cc1. The number of piperidine rings is 1. The van der Waals surface area contributed by atoms with Crippen LogP contribution < -0.4 is 5.32 Å². The van der Waals surface area contributed by atoms with Gasteiger partial charge in [0.15, 0.2) is 0 Å². The zero-order valence-electron chi connectivity index (χ0n) is 15.1. The Bertz CT molecular complexity index is 650. The molecule has 4 rings (SSSR count). The van der Waals surface area contributed by atoms with Crippen LogP contribution in [-0.2, 0) is 0 Å². The molecule has 0 saturated carbocycles. The molecule has 2 heterocycles. The van der Waals surface area contributed by atoms with Crippen molar-refractivity contribution in [3.8, 4) is 0 Å². The second-order valence-corrected chi connectivity index (χ2v) is 8.22. The molecule has 0 aromatic heterocycles. The highest BCUT2D eigenvalue weighted by atomic mass is 35.5. The van der Waals surface area contributed by atoms with E-state index < -0.39 is 0 Å². The Hall–Kier alpha value is -1.35. The van der Waals surface area contributed by atoms with Gasteiger partial charge in [-0.3, -0.25) is 0 Å². The van der Waals surface area contributed by atoms with E-state index in [1.165, 1.54) is 42.4 Å². The third kappa shape index (κ3) is 3.62. The number of rotatable bonds is 4. The van der Waals surface area contributed by atoms with Gasteiger partial charge in [0.25, 0.3) is 0 Å². The van der Waals surface area contributed by atoms with Gasteiger partial charge in [0.1, 0.15) is 0 Å². The van der Waals surface area contributed by atoms with Gasteiger partial charge in [0, 0.05) is 23.1 Å². The fourth-order valence-electron chi connectivity index (χ4n) is 4.58. The van der Waals surface area contributed by atoms with Gasteiger partial charge in [-0.1, -0.05) is 53.6 Å². The third-order valence-electron chi connectivity index (χ3n) is 6.11. The number of nitrogens with zero attached hydrogens (tertiary/aromatic N) is 1. The quantitative estimate of drug-likeness (QED) is 0.835. The molecule has 2 saturated heterocycles. The highest BCUT2D eigenvalue weighted by molar-refractivity contribution is 6.30. The van der Waals surface area contributed by atoms with E-state index in [0.717, 1.165) is 17.1 Å². The summed E-state index contributed by atoms with van der Waals surface area (Å²) in [5.41, 5.74) is 3.93. The molecule has 1 N–H and O–H groups in total. The van der Waals surface area contributed by atoms with Crippen molar-refractivity contribution < 1.29 is 0 Å². The van der Waals surface area contributed by atoms with Crippen molar-refractivity contribution in [2.75, 3.05) is 7.05 Å². The summed E-state index contributed by atoms with van der Waals surface area (Å²) < 4.78 is 0. The van der Waals surface area contributed by atoms with Crippen molar-refractivity contribution in [2.24, 2.45) is 0 Å². The number of nitrogens with one attached hydrogen (secondary N) is 1. The van der Waals surface area contributed by atoms with Crippen molar-refractivity contribution in [2.45, 2.75) is 56.8 Å². The highest BCUT2D eigenvalue weighted by Gasteiger charge is 2.39. The molecule has 2 aromatic carbocycles. The Kier molecular flexibility index (Phi) is 4.86. The molecule has 2 aliphatic rings. The maximum absolute atomic E-state index is 6.11. The van der Waals surface area contributed by atoms with Crippen LogP contribution in [0.5, 0.6) is 0 Å². The third-order valence-corrected chi connectivity index (χ3v) is 6.37. The lowest BCUT2D eigenvalue weighted by atomic mass is 9.93. The van der Waals surface area contributed by atoms with Crippen LogP contribution in [-0.4, -0.2) is 30.1 Å². The number of aryl methyl sites for hydroxylation is 1. The Balaban J connectivity index is 1.59. The van der Waals surface area contributed by atoms with Crippen LogP contribution >= 0.6 is 11.6 Å². The van der Waals surface area contributed by atoms with Crippen molar-refractivity contribution in [1.29, 1.82) is 0 Å². The molecule has 0 amide bonds. The first-order valence-corrected chi connectivity index (χ1v) is 9.78. The van der Waals surface area contributed by atoms with Gasteiger partial charge in [-0.05, 0) is 62.9 Å². The molecule has 2 fully saturated rings. The maximum Gasteiger partial charge on any atom is 0.0578 e. The summed E-state index contributed by atoms with van der Waals surface area (Å²) in [6.07, 6.45) is 5.22. The number of hydrogen-bond donors (Lipinski definition) is 1. The summed E-state index contributed by atoms with van der Waals surface area (Å²) in [6.45, 7) is 2.14. The fraction of sp³-hybridized carbons (Fsp3) is 0.455. The molecule has 3 atom stereocenters. The lowest BCUT2D eigenvalue weighted by Gasteiger charge is -2.38. The molecule has 25 heavy (non-hydrogen) atoms. The van der Waals surface area contributed by atoms with Crippen LogP contribution in [0.25, 0.3) is 0 Å². The summed E-state index contributed by atoms with van der Waals surface area (Å²) in [5, 5.41) is 4.77. The van der Waals surface area contributed by atoms with E-state index in [0.29, 0.717) is 6.04 Å². The number of hydrogen-bond acceptors (Lipinski definition) is 2. The van der Waals surface area contributed by atoms with Crippen LogP contribution in [0.4, 0.5) is 0 Å². The molecule has 2 aromatic rings. The first-order valence-electron chi connectivity index (χ1n) is 9.40. The first-order chi connectivity index (χ1) is 12.1. The monoisotopic (exact) mass is 354 g/mol. The minimum Gasteiger partial charge on any atom is -0.303 e. The van der Waals surface area contributed by atoms with Gasteiger partial charge >= 0.3 is 0 Å². The molecule has 2 nitrogen and oxygen atoms in total. The average Bonchev–Trinajstić information content (AvgIpc) is 2.83. The van der Waals surface area contributed by atoms with Crippen molar-refractivity contribution >= 4 is 11.6 Å². The largest absolute Gasteiger partial charge is 0.303 e. The van der Waals surface area contributed by atoms with E-state index in [1.807, 2.05) is 12.1 Å². The number of halogens is 1. The Morgan fingerprint density at radius 3 is 2.00 bits per heavy atom. The Morgan fingerprint density at radius 2 is 1.44 bits per heavy atom. The molecule has 0 spiro atoms. The molecule has 0 aliphatic carbocycles. The zero-order chi connectivity index (χ0) is 17.4. The number of benzene rings is 2. The van der Waals surface area contributed by atoms with Crippen molar-refractivity contribution in [3.05, 3.63) is 70.2 Å². The second-order valence-electron chi connectivity index (χ2n) is 7.78. The molecular weight excluding hydrogens is 328 g/mol. The minimum absolute atomic E-state index is 0.227. The molecule has 2 bridgehead atoms. The topological polar surface area (TPSA) is 15.3 Å². The average molecular weight is 355 g/mol. The lowest BCUT2D eigenvalue weighted by molar-refractivity contribution is 0.145. The summed E-state index contributed by atoms with van der Waals surface area (Å²) in [7, 11) is 2.30. The predicted molar refractivity (Wildman–Crippen MR) is 105 cm³/mol. The zero-order valence-corrected chi connectivity index (χ0v) is 15.8. The van der Waals surface area contributed by atoms with Crippen LogP contribution in [0.3, 0.4) is 0 Å². The summed E-state index contributed by atoms with van der Waals surface area (Å²) in [5.74, 6) is 0. The van der Waals surface area contributed by atoms with Crippen LogP contribution in [0, 0.1) is 6.92 Å². The van der Waals surface area contributed by atoms with E-state index in [4.69, 9.17) is 11.6 Å². The van der Waals surface area contributed by atoms with Gasteiger partial charge in [-0.25, -0.2) is 0 Å². The van der Waals surface area contributed by atoms with Crippen molar-refractivity contribution in [1.82, 2.24) is 10.2 Å². The Morgan fingerprint density at radius 1 is 0.920 bits per heavy atom. The van der Waals surface area contributed by atoms with Gasteiger partial charge in [0.05, 0.1) is 6.04 Å². The normalized spacial score (nSPS) is 27.4. The van der Waals surface area contributed by atoms with Gasteiger partial charge in [-0.15, -0.1) is 0 Å². The summed E-state index contributed by atoms with van der Waals surface area (Å²) >= 11 is 6.11. The molecule has 3 heteroatoms. The van der Waals surface area contributed by atoms with E-state index in [1.54, 1.807) is 0 Å². The Labute approximate surface area is 156 Å². The van der Waals surface area contributed by atoms with E-state index >= 15 is 0 Å². The highest BCUT2D eigenvalue weighted by Crippen LogP contribution is 2.36. The van der Waals surface area contributed by atoms with Crippen LogP contribution in [0.1, 0.15) is 48.4 Å².